The van der Waals surface area contributed by atoms with Crippen LogP contribution < -0.4 is 5.73 Å². The number of hydrogen-bond donors (Lipinski definition) is 1. The van der Waals surface area contributed by atoms with Crippen molar-refractivity contribution in [2.75, 3.05) is 19.5 Å². The van der Waals surface area contributed by atoms with E-state index in [4.69, 9.17) is 10.5 Å². The highest BCUT2D eigenvalue weighted by Crippen LogP contribution is 2.30. The summed E-state index contributed by atoms with van der Waals surface area (Å²) in [5, 5.41) is 0.220. The molecule has 1 fully saturated rings. The molecule has 0 aliphatic heterocycles. The van der Waals surface area contributed by atoms with E-state index in [2.05, 4.69) is 6.92 Å². The molecule has 0 radical (unpaired) electrons. The first-order valence-corrected chi connectivity index (χ1v) is 8.19. The first kappa shape index (κ1) is 15.1. The minimum atomic E-state index is -0.767. The average Bonchev–Trinajstić information content (AvgIpc) is 2.32. The third-order valence-corrected chi connectivity index (χ3v) is 5.59. The highest BCUT2D eigenvalue weighted by Gasteiger charge is 2.31. The van der Waals surface area contributed by atoms with Crippen molar-refractivity contribution in [3.8, 4) is 0 Å². The van der Waals surface area contributed by atoms with Crippen LogP contribution in [0.3, 0.4) is 0 Å². The number of nitrogens with two attached hydrogens (primary N) is 1. The van der Waals surface area contributed by atoms with Crippen LogP contribution in [-0.4, -0.2) is 35.0 Å². The summed E-state index contributed by atoms with van der Waals surface area (Å²) in [5.74, 6) is 1.49. The summed E-state index contributed by atoms with van der Waals surface area (Å²) in [5.41, 5.74) is 6.12. The SMILES string of the molecule is CCCC1CCC(N)C(S(=O)CCCOC)C1. The molecule has 17 heavy (non-hydrogen) atoms. The van der Waals surface area contributed by atoms with E-state index in [-0.39, 0.29) is 11.3 Å². The van der Waals surface area contributed by atoms with E-state index in [1.807, 2.05) is 0 Å². The zero-order chi connectivity index (χ0) is 12.7. The van der Waals surface area contributed by atoms with Crippen molar-refractivity contribution in [3.05, 3.63) is 0 Å². The lowest BCUT2D eigenvalue weighted by molar-refractivity contribution is 0.199. The van der Waals surface area contributed by atoms with Gasteiger partial charge in [-0.3, -0.25) is 4.21 Å². The van der Waals surface area contributed by atoms with E-state index < -0.39 is 10.8 Å². The molecule has 102 valence electrons. The van der Waals surface area contributed by atoms with E-state index in [1.54, 1.807) is 7.11 Å². The molecule has 3 nitrogen and oxygen atoms in total. The molecule has 4 heteroatoms. The van der Waals surface area contributed by atoms with Gasteiger partial charge in [0, 0.05) is 36.3 Å². The maximum Gasteiger partial charge on any atom is 0.0501 e. The molecule has 0 spiro atoms. The van der Waals surface area contributed by atoms with Gasteiger partial charge >= 0.3 is 0 Å². The van der Waals surface area contributed by atoms with Gasteiger partial charge in [-0.1, -0.05) is 19.8 Å². The zero-order valence-corrected chi connectivity index (χ0v) is 12.0. The maximum absolute atomic E-state index is 12.2. The quantitative estimate of drug-likeness (QED) is 0.714. The van der Waals surface area contributed by atoms with Crippen molar-refractivity contribution in [2.24, 2.45) is 11.7 Å². The van der Waals surface area contributed by atoms with Gasteiger partial charge < -0.3 is 10.5 Å². The average molecular weight is 261 g/mol. The molecule has 0 aromatic carbocycles. The fourth-order valence-electron chi connectivity index (χ4n) is 2.70. The van der Waals surface area contributed by atoms with Gasteiger partial charge in [-0.15, -0.1) is 0 Å². The molecule has 2 N–H and O–H groups in total. The molecule has 0 aromatic rings. The molecule has 1 aliphatic carbocycles. The van der Waals surface area contributed by atoms with Gasteiger partial charge in [-0.05, 0) is 31.6 Å². The van der Waals surface area contributed by atoms with E-state index in [1.165, 1.54) is 19.3 Å². The summed E-state index contributed by atoms with van der Waals surface area (Å²) in [6, 6.07) is 0.145. The van der Waals surface area contributed by atoms with Crippen LogP contribution in [0.25, 0.3) is 0 Å². The van der Waals surface area contributed by atoms with Crippen molar-refractivity contribution < 1.29 is 8.95 Å². The molecule has 0 saturated heterocycles. The summed E-state index contributed by atoms with van der Waals surface area (Å²) < 4.78 is 17.2. The van der Waals surface area contributed by atoms with Crippen LogP contribution in [0.15, 0.2) is 0 Å². The van der Waals surface area contributed by atoms with Crippen LogP contribution in [0.5, 0.6) is 0 Å². The second kappa shape index (κ2) is 8.22. The third-order valence-electron chi connectivity index (χ3n) is 3.68. The Labute approximate surface area is 108 Å². The zero-order valence-electron chi connectivity index (χ0n) is 11.2. The molecule has 0 heterocycles. The highest BCUT2D eigenvalue weighted by atomic mass is 32.2. The standard InChI is InChI=1S/C13H27NO2S/c1-3-5-11-6-7-12(14)13(10-11)17(15)9-4-8-16-2/h11-13H,3-10,14H2,1-2H3. The van der Waals surface area contributed by atoms with Gasteiger partial charge in [0.15, 0.2) is 0 Å². The summed E-state index contributed by atoms with van der Waals surface area (Å²) in [6.45, 7) is 2.92. The number of rotatable bonds is 7. The van der Waals surface area contributed by atoms with Crippen molar-refractivity contribution in [1.82, 2.24) is 0 Å². The smallest absolute Gasteiger partial charge is 0.0501 e. The Hall–Kier alpha value is 0.0700. The molecule has 1 rings (SSSR count). The lowest BCUT2D eigenvalue weighted by Crippen LogP contribution is -2.43. The van der Waals surface area contributed by atoms with Crippen molar-refractivity contribution >= 4 is 10.8 Å². The molecular weight excluding hydrogens is 234 g/mol. The number of hydrogen-bond acceptors (Lipinski definition) is 3. The highest BCUT2D eigenvalue weighted by molar-refractivity contribution is 7.85. The minimum Gasteiger partial charge on any atom is -0.385 e. The maximum atomic E-state index is 12.2. The summed E-state index contributed by atoms with van der Waals surface area (Å²) in [7, 11) is 0.920. The van der Waals surface area contributed by atoms with E-state index in [9.17, 15) is 4.21 Å². The van der Waals surface area contributed by atoms with E-state index in [0.717, 1.165) is 30.9 Å². The lowest BCUT2D eigenvalue weighted by atomic mass is 9.83. The Morgan fingerprint density at radius 2 is 2.18 bits per heavy atom. The Balaban J connectivity index is 2.39. The second-order valence-electron chi connectivity index (χ2n) is 5.10. The van der Waals surface area contributed by atoms with Crippen LogP contribution >= 0.6 is 0 Å². The Bertz CT molecular complexity index is 235. The van der Waals surface area contributed by atoms with Gasteiger partial charge in [0.05, 0.1) is 5.25 Å². The summed E-state index contributed by atoms with van der Waals surface area (Å²) in [6.07, 6.45) is 6.70. The predicted octanol–water partition coefficient (Wildman–Crippen LogP) is 2.07. The van der Waals surface area contributed by atoms with Crippen LogP contribution in [0.2, 0.25) is 0 Å². The second-order valence-corrected chi connectivity index (χ2v) is 6.88. The van der Waals surface area contributed by atoms with Crippen molar-refractivity contribution in [1.29, 1.82) is 0 Å². The van der Waals surface area contributed by atoms with Gasteiger partial charge in [0.1, 0.15) is 0 Å². The largest absolute Gasteiger partial charge is 0.385 e. The van der Waals surface area contributed by atoms with Crippen LogP contribution in [0.1, 0.15) is 45.4 Å². The monoisotopic (exact) mass is 261 g/mol. The first-order valence-electron chi connectivity index (χ1n) is 6.80. The Morgan fingerprint density at radius 1 is 1.41 bits per heavy atom. The van der Waals surface area contributed by atoms with Crippen molar-refractivity contribution in [2.45, 2.75) is 56.7 Å². The van der Waals surface area contributed by atoms with Crippen LogP contribution in [-0.2, 0) is 15.5 Å². The third kappa shape index (κ3) is 5.06. The Kier molecular flexibility index (Phi) is 7.32. The summed E-state index contributed by atoms with van der Waals surface area (Å²) >= 11 is 0. The topological polar surface area (TPSA) is 52.3 Å². The molecule has 0 amide bonds. The van der Waals surface area contributed by atoms with E-state index >= 15 is 0 Å². The molecule has 0 bridgehead atoms. The number of ether oxygens (including phenoxy) is 1. The first-order chi connectivity index (χ1) is 8.19. The van der Waals surface area contributed by atoms with Crippen LogP contribution in [0.4, 0.5) is 0 Å². The normalized spacial score (nSPS) is 31.4. The molecule has 1 aliphatic rings. The Morgan fingerprint density at radius 3 is 2.82 bits per heavy atom. The molecular formula is C13H27NO2S. The van der Waals surface area contributed by atoms with Gasteiger partial charge in [0.25, 0.3) is 0 Å². The predicted molar refractivity (Wildman–Crippen MR) is 73.5 cm³/mol. The van der Waals surface area contributed by atoms with Gasteiger partial charge in [0.2, 0.25) is 0 Å². The minimum absolute atomic E-state index is 0.145. The van der Waals surface area contributed by atoms with E-state index in [0.29, 0.717) is 6.61 Å². The summed E-state index contributed by atoms with van der Waals surface area (Å²) in [4.78, 5) is 0. The van der Waals surface area contributed by atoms with Gasteiger partial charge in [-0.2, -0.15) is 0 Å². The lowest BCUT2D eigenvalue weighted by Gasteiger charge is -2.33. The molecule has 1 saturated carbocycles. The van der Waals surface area contributed by atoms with Crippen LogP contribution in [0, 0.1) is 5.92 Å². The fraction of sp³-hybridized carbons (Fsp3) is 1.00. The van der Waals surface area contributed by atoms with Crippen molar-refractivity contribution in [3.63, 3.8) is 0 Å². The molecule has 4 atom stereocenters. The molecule has 4 unspecified atom stereocenters. The van der Waals surface area contributed by atoms with Gasteiger partial charge in [-0.25, -0.2) is 0 Å². The molecule has 0 aromatic heterocycles. The fourth-order valence-corrected chi connectivity index (χ4v) is 4.42. The number of methoxy groups -OCH3 is 1.